The van der Waals surface area contributed by atoms with Gasteiger partial charge in [-0.05, 0) is 83.5 Å². The highest BCUT2D eigenvalue weighted by Crippen LogP contribution is 2.11. The van der Waals surface area contributed by atoms with E-state index in [2.05, 4.69) is 98.9 Å². The predicted molar refractivity (Wildman–Crippen MR) is 247 cm³/mol. The fourth-order valence-electron chi connectivity index (χ4n) is 5.57. The van der Waals surface area contributed by atoms with E-state index in [-0.39, 0.29) is 42.7 Å². The van der Waals surface area contributed by atoms with Crippen LogP contribution in [-0.2, 0) is 28.6 Å². The molecule has 2 atom stereocenters. The number of rotatable bonds is 37. The molecule has 0 aliphatic rings. The zero-order chi connectivity index (χ0) is 43.5. The molecule has 1 N–H and O–H groups in total. The standard InChI is InChI=1S/C51H79NO7/c1-6-8-10-12-14-16-18-20-21-22-23-24-25-26-27-28-30-32-34-36-38-40-42-50(54)59-47(45-57-44-43-48(51(55)56)52(3,4)5)46-58-49(53)41-39-37-35-33-31-29-19-17-15-13-11-9-7-2/h8-11,13-17,19-21,23-24,26-27,29-32,47-48H,6-7,12,18,22,25,28,33-46H2,1-5H3/p+1/b10-8+,11-9+,15-13+,16-14+,19-17+,21-20+,24-23+,27-26+,31-29+,32-30+. The topological polar surface area (TPSA) is 99.1 Å². The zero-order valence-corrected chi connectivity index (χ0v) is 37.4. The lowest BCUT2D eigenvalue weighted by atomic mass is 10.1. The Hall–Kier alpha value is -4.27. The van der Waals surface area contributed by atoms with E-state index < -0.39 is 18.1 Å². The molecule has 0 bridgehead atoms. The van der Waals surface area contributed by atoms with Crippen molar-refractivity contribution in [3.63, 3.8) is 0 Å². The van der Waals surface area contributed by atoms with Crippen molar-refractivity contribution in [1.29, 1.82) is 0 Å². The number of ether oxygens (including phenoxy) is 3. The van der Waals surface area contributed by atoms with E-state index in [1.807, 2.05) is 57.6 Å². The molecule has 0 rings (SSSR count). The van der Waals surface area contributed by atoms with Crippen molar-refractivity contribution in [3.05, 3.63) is 122 Å². The van der Waals surface area contributed by atoms with Crippen molar-refractivity contribution in [2.75, 3.05) is 41.0 Å². The fraction of sp³-hybridized carbons (Fsp3) is 0.549. The van der Waals surface area contributed by atoms with E-state index in [1.165, 1.54) is 0 Å². The number of carbonyl (C=O) groups is 3. The van der Waals surface area contributed by atoms with Crippen LogP contribution in [0.1, 0.15) is 129 Å². The maximum absolute atomic E-state index is 12.7. The molecule has 0 radical (unpaired) electrons. The smallest absolute Gasteiger partial charge is 0.362 e. The summed E-state index contributed by atoms with van der Waals surface area (Å²) in [5, 5.41) is 9.62. The van der Waals surface area contributed by atoms with Crippen LogP contribution in [0.5, 0.6) is 0 Å². The van der Waals surface area contributed by atoms with Crippen molar-refractivity contribution in [2.24, 2.45) is 0 Å². The lowest BCUT2D eigenvalue weighted by molar-refractivity contribution is -0.887. The summed E-state index contributed by atoms with van der Waals surface area (Å²) in [5.41, 5.74) is 0. The molecule has 0 fully saturated rings. The molecule has 8 nitrogen and oxygen atoms in total. The molecule has 0 spiro atoms. The third-order valence-corrected chi connectivity index (χ3v) is 8.95. The molecule has 0 aliphatic heterocycles. The lowest BCUT2D eigenvalue weighted by Gasteiger charge is -2.31. The zero-order valence-electron chi connectivity index (χ0n) is 37.4. The second-order valence-corrected chi connectivity index (χ2v) is 15.3. The Kier molecular flexibility index (Phi) is 37.6. The predicted octanol–water partition coefficient (Wildman–Crippen LogP) is 12.2. The number of quaternary nitrogens is 1. The minimum atomic E-state index is -0.893. The quantitative estimate of drug-likeness (QED) is 0.0219. The molecular weight excluding hydrogens is 739 g/mol. The average Bonchev–Trinajstić information content (AvgIpc) is 3.19. The number of carboxylic acid groups (broad SMARTS) is 1. The van der Waals surface area contributed by atoms with Crippen molar-refractivity contribution in [1.82, 2.24) is 0 Å². The minimum Gasteiger partial charge on any atom is -0.477 e. The van der Waals surface area contributed by atoms with Crippen LogP contribution in [0, 0.1) is 0 Å². The molecule has 8 heteroatoms. The van der Waals surface area contributed by atoms with Crippen LogP contribution < -0.4 is 0 Å². The fourth-order valence-corrected chi connectivity index (χ4v) is 5.57. The highest BCUT2D eigenvalue weighted by molar-refractivity contribution is 5.72. The van der Waals surface area contributed by atoms with E-state index in [1.54, 1.807) is 0 Å². The van der Waals surface area contributed by atoms with E-state index in [0.717, 1.165) is 89.9 Å². The summed E-state index contributed by atoms with van der Waals surface area (Å²) >= 11 is 0. The van der Waals surface area contributed by atoms with Gasteiger partial charge in [0.25, 0.3) is 0 Å². The number of carbonyl (C=O) groups excluding carboxylic acids is 2. The van der Waals surface area contributed by atoms with Crippen LogP contribution >= 0.6 is 0 Å². The van der Waals surface area contributed by atoms with Gasteiger partial charge in [-0.2, -0.15) is 0 Å². The number of unbranched alkanes of at least 4 members (excludes halogenated alkanes) is 6. The minimum absolute atomic E-state index is 0.0250. The number of hydrogen-bond acceptors (Lipinski definition) is 6. The van der Waals surface area contributed by atoms with Crippen LogP contribution in [0.2, 0.25) is 0 Å². The molecule has 0 saturated carbocycles. The Labute approximate surface area is 359 Å². The van der Waals surface area contributed by atoms with Crippen molar-refractivity contribution in [2.45, 2.75) is 142 Å². The average molecular weight is 819 g/mol. The van der Waals surface area contributed by atoms with Gasteiger partial charge >= 0.3 is 17.9 Å². The summed E-state index contributed by atoms with van der Waals surface area (Å²) in [6.45, 7) is 4.36. The normalized spacial score (nSPS) is 14.1. The molecule has 0 aliphatic carbocycles. The summed E-state index contributed by atoms with van der Waals surface area (Å²) < 4.78 is 17.2. The Morgan fingerprint density at radius 3 is 1.49 bits per heavy atom. The molecule has 330 valence electrons. The summed E-state index contributed by atoms with van der Waals surface area (Å²) in [4.78, 5) is 37.0. The molecule has 0 amide bonds. The third kappa shape index (κ3) is 39.0. The number of aliphatic carboxylic acids is 1. The number of hydrogen-bond donors (Lipinski definition) is 1. The van der Waals surface area contributed by atoms with E-state index in [0.29, 0.717) is 19.3 Å². The largest absolute Gasteiger partial charge is 0.477 e. The molecule has 0 aromatic heterocycles. The first-order valence-electron chi connectivity index (χ1n) is 22.1. The van der Waals surface area contributed by atoms with Gasteiger partial charge < -0.3 is 23.8 Å². The molecule has 0 aromatic rings. The van der Waals surface area contributed by atoms with E-state index in [4.69, 9.17) is 14.2 Å². The Bertz CT molecular complexity index is 1370. The number of esters is 2. The molecule has 2 unspecified atom stereocenters. The highest BCUT2D eigenvalue weighted by Gasteiger charge is 2.31. The molecule has 0 saturated heterocycles. The second kappa shape index (κ2) is 40.5. The number of allylic oxidation sites excluding steroid dienone is 20. The summed E-state index contributed by atoms with van der Waals surface area (Å²) in [7, 11) is 5.48. The first-order valence-corrected chi connectivity index (χ1v) is 22.1. The summed E-state index contributed by atoms with van der Waals surface area (Å²) in [6, 6.07) is -0.635. The van der Waals surface area contributed by atoms with Gasteiger partial charge in [0, 0.05) is 19.3 Å². The van der Waals surface area contributed by atoms with Crippen LogP contribution in [0.4, 0.5) is 0 Å². The van der Waals surface area contributed by atoms with Crippen molar-refractivity contribution >= 4 is 17.9 Å². The number of carboxylic acids is 1. The van der Waals surface area contributed by atoms with Gasteiger partial charge in [-0.15, -0.1) is 0 Å². The monoisotopic (exact) mass is 819 g/mol. The first-order chi connectivity index (χ1) is 28.6. The van der Waals surface area contributed by atoms with Crippen LogP contribution in [-0.4, -0.2) is 80.6 Å². The van der Waals surface area contributed by atoms with Crippen molar-refractivity contribution in [3.8, 4) is 0 Å². The second-order valence-electron chi connectivity index (χ2n) is 15.3. The van der Waals surface area contributed by atoms with Crippen LogP contribution in [0.3, 0.4) is 0 Å². The Morgan fingerprint density at radius 2 is 0.983 bits per heavy atom. The maximum Gasteiger partial charge on any atom is 0.362 e. The molecular formula is C51H80NO7+. The van der Waals surface area contributed by atoms with Gasteiger partial charge in [-0.1, -0.05) is 148 Å². The number of likely N-dealkylation sites (N-methyl/N-ethyl adjacent to an activating group) is 1. The van der Waals surface area contributed by atoms with Gasteiger partial charge in [-0.25, -0.2) is 4.79 Å². The van der Waals surface area contributed by atoms with Gasteiger partial charge in [0.15, 0.2) is 12.1 Å². The highest BCUT2D eigenvalue weighted by atomic mass is 16.6. The number of nitrogens with zero attached hydrogens (tertiary/aromatic N) is 1. The van der Waals surface area contributed by atoms with Crippen LogP contribution in [0.15, 0.2) is 122 Å². The maximum atomic E-state index is 12.7. The SMILES string of the molecule is CC/C=C/C=C/C=C/C=C/CCCCCC(=O)OCC(COCCC(C(=O)O)[N+](C)(C)C)OC(=O)CCCCC/C=C/C/C=C/C/C=C/C/C=C/C/C=C/C/C=C/CC. The van der Waals surface area contributed by atoms with Gasteiger partial charge in [0.2, 0.25) is 0 Å². The Morgan fingerprint density at radius 1 is 0.525 bits per heavy atom. The third-order valence-electron chi connectivity index (χ3n) is 8.95. The van der Waals surface area contributed by atoms with Crippen LogP contribution in [0.25, 0.3) is 0 Å². The molecule has 0 heterocycles. The molecule has 0 aromatic carbocycles. The lowest BCUT2D eigenvalue weighted by Crippen LogP contribution is -2.50. The van der Waals surface area contributed by atoms with Gasteiger partial charge in [-0.3, -0.25) is 9.59 Å². The van der Waals surface area contributed by atoms with E-state index in [9.17, 15) is 19.5 Å². The summed E-state index contributed by atoms with van der Waals surface area (Å²) in [6.07, 6.45) is 56.8. The first kappa shape index (κ1) is 54.7. The van der Waals surface area contributed by atoms with Crippen molar-refractivity contribution < 1.29 is 38.2 Å². The molecule has 59 heavy (non-hydrogen) atoms. The summed E-state index contributed by atoms with van der Waals surface area (Å²) in [5.74, 6) is -1.58. The van der Waals surface area contributed by atoms with Gasteiger partial charge in [0.05, 0.1) is 34.4 Å². The van der Waals surface area contributed by atoms with Gasteiger partial charge in [0.1, 0.15) is 6.61 Å². The Balaban J connectivity index is 4.48. The van der Waals surface area contributed by atoms with E-state index >= 15 is 0 Å².